The Labute approximate surface area is 163 Å². The zero-order valence-corrected chi connectivity index (χ0v) is 16.5. The van der Waals surface area contributed by atoms with Gasteiger partial charge in [0.2, 0.25) is 5.82 Å². The first-order valence-corrected chi connectivity index (χ1v) is 9.51. The van der Waals surface area contributed by atoms with Crippen LogP contribution in [0.5, 0.6) is 0 Å². The highest BCUT2D eigenvalue weighted by atomic mass is 35.5. The summed E-state index contributed by atoms with van der Waals surface area (Å²) >= 11 is 6.23. The van der Waals surface area contributed by atoms with Crippen LogP contribution in [-0.2, 0) is 0 Å². The number of amides is 1. The van der Waals surface area contributed by atoms with Crippen LogP contribution >= 0.6 is 11.6 Å². The number of halogens is 1. The fourth-order valence-corrected chi connectivity index (χ4v) is 3.93. The van der Waals surface area contributed by atoms with Crippen molar-refractivity contribution in [2.75, 3.05) is 25.0 Å². The van der Waals surface area contributed by atoms with Crippen LogP contribution in [0.15, 0.2) is 24.3 Å². The summed E-state index contributed by atoms with van der Waals surface area (Å²) in [6.07, 6.45) is 2.27. The molecule has 1 aliphatic rings. The monoisotopic (exact) mass is 383 g/mol. The van der Waals surface area contributed by atoms with Crippen molar-refractivity contribution >= 4 is 34.4 Å². The van der Waals surface area contributed by atoms with Gasteiger partial charge in [-0.3, -0.25) is 9.36 Å². The molecule has 0 aliphatic carbocycles. The number of nitrogens with zero attached hydrogens (tertiary/aromatic N) is 4. The highest BCUT2D eigenvalue weighted by Gasteiger charge is 2.25. The molecule has 27 heavy (non-hydrogen) atoms. The third kappa shape index (κ3) is 2.94. The van der Waals surface area contributed by atoms with Crippen LogP contribution in [-0.4, -0.2) is 40.6 Å². The van der Waals surface area contributed by atoms with Crippen molar-refractivity contribution in [2.24, 2.45) is 0 Å². The molecule has 2 aromatic heterocycles. The van der Waals surface area contributed by atoms with Gasteiger partial charge in [-0.15, -0.1) is 0 Å². The molecule has 1 saturated heterocycles. The van der Waals surface area contributed by atoms with Crippen LogP contribution in [0.4, 0.5) is 5.82 Å². The van der Waals surface area contributed by atoms with Gasteiger partial charge in [-0.1, -0.05) is 17.7 Å². The normalized spacial score (nSPS) is 14.1. The van der Waals surface area contributed by atoms with Crippen molar-refractivity contribution < 1.29 is 4.79 Å². The van der Waals surface area contributed by atoms with Crippen LogP contribution in [0.1, 0.15) is 34.7 Å². The van der Waals surface area contributed by atoms with Gasteiger partial charge in [0.25, 0.3) is 5.91 Å². The Hall–Kier alpha value is -2.60. The zero-order chi connectivity index (χ0) is 19.1. The number of hydrogen-bond acceptors (Lipinski definition) is 4. The number of nitrogens with one attached hydrogen (secondary N) is 1. The van der Waals surface area contributed by atoms with E-state index in [1.165, 1.54) is 0 Å². The van der Waals surface area contributed by atoms with E-state index in [4.69, 9.17) is 11.6 Å². The molecule has 4 rings (SSSR count). The second-order valence-electron chi connectivity index (χ2n) is 6.87. The first kappa shape index (κ1) is 17.8. The molecule has 0 saturated carbocycles. The summed E-state index contributed by atoms with van der Waals surface area (Å²) in [6.45, 7) is 6.03. The standard InChI is InChI=1S/C20H22ClN5O/c1-12-13(2)26(15-8-6-7-14(21)11-15)19-16(12)18(25-9-4-5-10-25)23-17(24-19)20(27)22-3/h6-8,11H,4-5,9-10H2,1-3H3,(H,22,27). The van der Waals surface area contributed by atoms with Crippen molar-refractivity contribution in [2.45, 2.75) is 26.7 Å². The molecule has 0 unspecified atom stereocenters. The van der Waals surface area contributed by atoms with Crippen molar-refractivity contribution in [3.05, 3.63) is 46.4 Å². The molecular formula is C20H22ClN5O. The van der Waals surface area contributed by atoms with Gasteiger partial charge in [-0.05, 0) is 50.5 Å². The van der Waals surface area contributed by atoms with Gasteiger partial charge < -0.3 is 10.2 Å². The second-order valence-corrected chi connectivity index (χ2v) is 7.30. The van der Waals surface area contributed by atoms with Gasteiger partial charge in [-0.2, -0.15) is 0 Å². The van der Waals surface area contributed by atoms with E-state index in [2.05, 4.69) is 38.6 Å². The van der Waals surface area contributed by atoms with Crippen LogP contribution < -0.4 is 10.2 Å². The molecular weight excluding hydrogens is 362 g/mol. The maximum Gasteiger partial charge on any atom is 0.288 e. The summed E-state index contributed by atoms with van der Waals surface area (Å²) in [5, 5.41) is 4.30. The number of benzene rings is 1. The zero-order valence-electron chi connectivity index (χ0n) is 15.7. The Morgan fingerprint density at radius 2 is 1.93 bits per heavy atom. The molecule has 1 N–H and O–H groups in total. The first-order valence-electron chi connectivity index (χ1n) is 9.14. The van der Waals surface area contributed by atoms with E-state index >= 15 is 0 Å². The van der Waals surface area contributed by atoms with Gasteiger partial charge in [0.1, 0.15) is 5.82 Å². The first-order chi connectivity index (χ1) is 13.0. The number of hydrogen-bond donors (Lipinski definition) is 1. The van der Waals surface area contributed by atoms with E-state index in [-0.39, 0.29) is 11.7 Å². The number of anilines is 1. The van der Waals surface area contributed by atoms with Crippen molar-refractivity contribution in [1.82, 2.24) is 19.9 Å². The van der Waals surface area contributed by atoms with E-state index in [0.29, 0.717) is 5.02 Å². The number of fused-ring (bicyclic) bond motifs is 1. The van der Waals surface area contributed by atoms with Crippen molar-refractivity contribution in [3.8, 4) is 5.69 Å². The SMILES string of the molecule is CNC(=O)c1nc(N2CCCC2)c2c(C)c(C)n(-c3cccc(Cl)c3)c2n1. The lowest BCUT2D eigenvalue weighted by Gasteiger charge is -2.18. The van der Waals surface area contributed by atoms with Crippen molar-refractivity contribution in [3.63, 3.8) is 0 Å². The summed E-state index contributed by atoms with van der Waals surface area (Å²) < 4.78 is 2.06. The van der Waals surface area contributed by atoms with Gasteiger partial charge in [0, 0.05) is 36.5 Å². The highest BCUT2D eigenvalue weighted by molar-refractivity contribution is 6.30. The van der Waals surface area contributed by atoms with Gasteiger partial charge in [0.15, 0.2) is 5.65 Å². The quantitative estimate of drug-likeness (QED) is 0.749. The minimum absolute atomic E-state index is 0.188. The number of aromatic nitrogens is 3. The predicted octanol–water partition coefficient (Wildman–Crippen LogP) is 3.65. The Morgan fingerprint density at radius 1 is 1.19 bits per heavy atom. The number of rotatable bonds is 3. The topological polar surface area (TPSA) is 63.1 Å². The molecule has 0 atom stereocenters. The maximum atomic E-state index is 12.3. The maximum absolute atomic E-state index is 12.3. The molecule has 3 heterocycles. The fourth-order valence-electron chi connectivity index (χ4n) is 3.74. The molecule has 140 valence electrons. The lowest BCUT2D eigenvalue weighted by Crippen LogP contribution is -2.25. The Morgan fingerprint density at radius 3 is 2.59 bits per heavy atom. The van der Waals surface area contributed by atoms with E-state index in [0.717, 1.165) is 59.7 Å². The van der Waals surface area contributed by atoms with E-state index < -0.39 is 0 Å². The molecule has 1 aromatic carbocycles. The molecule has 1 fully saturated rings. The van der Waals surface area contributed by atoms with Crippen LogP contribution in [0.3, 0.4) is 0 Å². The smallest absolute Gasteiger partial charge is 0.288 e. The second kappa shape index (κ2) is 6.85. The van der Waals surface area contributed by atoms with Crippen molar-refractivity contribution in [1.29, 1.82) is 0 Å². The van der Waals surface area contributed by atoms with Gasteiger partial charge >= 0.3 is 0 Å². The summed E-state index contributed by atoms with van der Waals surface area (Å²) in [7, 11) is 1.60. The molecule has 7 heteroatoms. The minimum atomic E-state index is -0.286. The molecule has 1 aliphatic heterocycles. The Bertz CT molecular complexity index is 1040. The summed E-state index contributed by atoms with van der Waals surface area (Å²) in [6, 6.07) is 7.67. The van der Waals surface area contributed by atoms with Crippen LogP contribution in [0.2, 0.25) is 5.02 Å². The van der Waals surface area contributed by atoms with Gasteiger partial charge in [-0.25, -0.2) is 9.97 Å². The van der Waals surface area contributed by atoms with Crippen LogP contribution in [0.25, 0.3) is 16.7 Å². The average Bonchev–Trinajstić information content (AvgIpc) is 3.28. The average molecular weight is 384 g/mol. The number of aryl methyl sites for hydroxylation is 1. The third-order valence-electron chi connectivity index (χ3n) is 5.24. The molecule has 1 amide bonds. The van der Waals surface area contributed by atoms with E-state index in [1.54, 1.807) is 7.05 Å². The lowest BCUT2D eigenvalue weighted by atomic mass is 10.2. The molecule has 0 bridgehead atoms. The molecule has 6 nitrogen and oxygen atoms in total. The number of carbonyl (C=O) groups is 1. The lowest BCUT2D eigenvalue weighted by molar-refractivity contribution is 0.0953. The Kier molecular flexibility index (Phi) is 4.52. The molecule has 0 spiro atoms. The molecule has 0 radical (unpaired) electrons. The fraction of sp³-hybridized carbons (Fsp3) is 0.350. The summed E-state index contributed by atoms with van der Waals surface area (Å²) in [5.41, 5.74) is 3.85. The summed E-state index contributed by atoms with van der Waals surface area (Å²) in [4.78, 5) is 23.9. The highest BCUT2D eigenvalue weighted by Crippen LogP contribution is 2.35. The molecule has 3 aromatic rings. The predicted molar refractivity (Wildman–Crippen MR) is 108 cm³/mol. The Balaban J connectivity index is 2.06. The minimum Gasteiger partial charge on any atom is -0.356 e. The third-order valence-corrected chi connectivity index (χ3v) is 5.47. The van der Waals surface area contributed by atoms with Crippen LogP contribution in [0, 0.1) is 13.8 Å². The van der Waals surface area contributed by atoms with E-state index in [1.807, 2.05) is 24.3 Å². The summed E-state index contributed by atoms with van der Waals surface area (Å²) in [5.74, 6) is 0.747. The van der Waals surface area contributed by atoms with E-state index in [9.17, 15) is 4.79 Å². The number of carbonyl (C=O) groups excluding carboxylic acids is 1. The van der Waals surface area contributed by atoms with Gasteiger partial charge in [0.05, 0.1) is 5.39 Å². The largest absolute Gasteiger partial charge is 0.356 e.